The van der Waals surface area contributed by atoms with Gasteiger partial charge in [-0.05, 0) is 6.42 Å². The Morgan fingerprint density at radius 1 is 1.80 bits per heavy atom. The van der Waals surface area contributed by atoms with Crippen LogP contribution >= 0.6 is 0 Å². The first-order valence-corrected chi connectivity index (χ1v) is 3.73. The Morgan fingerprint density at radius 2 is 2.40 bits per heavy atom. The van der Waals surface area contributed by atoms with Gasteiger partial charge in [-0.3, -0.25) is 4.90 Å². The molecule has 0 saturated carbocycles. The van der Waals surface area contributed by atoms with Crippen LogP contribution in [0.15, 0.2) is 0 Å². The molecule has 1 heterocycles. The predicted octanol–water partition coefficient (Wildman–Crippen LogP) is 0.0411. The lowest BCUT2D eigenvalue weighted by atomic mass is 10.1. The van der Waals surface area contributed by atoms with Crippen LogP contribution in [-0.4, -0.2) is 30.1 Å². The Bertz CT molecular complexity index is 142. The van der Waals surface area contributed by atoms with Gasteiger partial charge in [0.2, 0.25) is 0 Å². The number of nitrogens with two attached hydrogens (primary N) is 1. The van der Waals surface area contributed by atoms with E-state index in [0.717, 1.165) is 19.5 Å². The van der Waals surface area contributed by atoms with Crippen molar-refractivity contribution < 1.29 is 0 Å². The minimum Gasteiger partial charge on any atom is -0.325 e. The fourth-order valence-corrected chi connectivity index (χ4v) is 1.28. The summed E-state index contributed by atoms with van der Waals surface area (Å²) in [5, 5.41) is 0. The van der Waals surface area contributed by atoms with Crippen LogP contribution in [0.5, 0.6) is 0 Å². The summed E-state index contributed by atoms with van der Waals surface area (Å²) in [4.78, 5) is 2.24. The van der Waals surface area contributed by atoms with E-state index in [4.69, 9.17) is 12.2 Å². The summed E-state index contributed by atoms with van der Waals surface area (Å²) in [6.45, 7) is 4.06. The molecule has 1 rings (SSSR count). The van der Waals surface area contributed by atoms with Gasteiger partial charge in [0.25, 0.3) is 0 Å². The van der Waals surface area contributed by atoms with Crippen LogP contribution in [0, 0.1) is 12.3 Å². The van der Waals surface area contributed by atoms with Gasteiger partial charge >= 0.3 is 0 Å². The molecular weight excluding hydrogens is 124 g/mol. The smallest absolute Gasteiger partial charge is 0.0710 e. The molecule has 0 aromatic carbocycles. The lowest BCUT2D eigenvalue weighted by Gasteiger charge is -2.40. The summed E-state index contributed by atoms with van der Waals surface area (Å²) in [5.74, 6) is 2.74. The van der Waals surface area contributed by atoms with Crippen LogP contribution in [0.1, 0.15) is 13.3 Å². The van der Waals surface area contributed by atoms with Gasteiger partial charge in [-0.2, -0.15) is 0 Å². The minimum absolute atomic E-state index is 0.319. The normalized spacial score (nSPS) is 23.3. The van der Waals surface area contributed by atoms with E-state index in [1.54, 1.807) is 0 Å². The zero-order valence-electron chi connectivity index (χ0n) is 6.38. The molecule has 0 amide bonds. The highest BCUT2D eigenvalue weighted by Crippen LogP contribution is 2.11. The Labute approximate surface area is 62.4 Å². The third kappa shape index (κ3) is 1.31. The van der Waals surface area contributed by atoms with Crippen molar-refractivity contribution in [2.75, 3.05) is 13.1 Å². The molecule has 1 saturated heterocycles. The van der Waals surface area contributed by atoms with Gasteiger partial charge in [0.15, 0.2) is 0 Å². The molecule has 0 aliphatic carbocycles. The van der Waals surface area contributed by atoms with Gasteiger partial charge in [0.1, 0.15) is 0 Å². The molecule has 1 atom stereocenters. The van der Waals surface area contributed by atoms with Crippen LogP contribution in [-0.2, 0) is 0 Å². The molecule has 56 valence electrons. The zero-order valence-corrected chi connectivity index (χ0v) is 6.38. The topological polar surface area (TPSA) is 29.3 Å². The van der Waals surface area contributed by atoms with Gasteiger partial charge in [0, 0.05) is 19.1 Å². The van der Waals surface area contributed by atoms with Gasteiger partial charge in [-0.25, -0.2) is 0 Å². The van der Waals surface area contributed by atoms with E-state index >= 15 is 0 Å². The Hall–Kier alpha value is -0.520. The summed E-state index contributed by atoms with van der Waals surface area (Å²) in [6.07, 6.45) is 6.34. The molecule has 0 bridgehead atoms. The number of hydrogen-bond acceptors (Lipinski definition) is 2. The highest BCUT2D eigenvalue weighted by molar-refractivity contribution is 5.03. The van der Waals surface area contributed by atoms with E-state index in [2.05, 4.69) is 17.7 Å². The maximum Gasteiger partial charge on any atom is 0.0710 e. The van der Waals surface area contributed by atoms with E-state index in [9.17, 15) is 0 Å². The first-order valence-electron chi connectivity index (χ1n) is 3.73. The molecular formula is C8H14N2. The van der Waals surface area contributed by atoms with Crippen LogP contribution in [0.2, 0.25) is 0 Å². The fraction of sp³-hybridized carbons (Fsp3) is 0.750. The highest BCUT2D eigenvalue weighted by atomic mass is 15.2. The Morgan fingerprint density at radius 3 is 2.70 bits per heavy atom. The van der Waals surface area contributed by atoms with Crippen molar-refractivity contribution in [2.45, 2.75) is 25.4 Å². The zero-order chi connectivity index (χ0) is 7.56. The van der Waals surface area contributed by atoms with E-state index in [1.165, 1.54) is 0 Å². The molecule has 10 heavy (non-hydrogen) atoms. The molecule has 1 aliphatic rings. The van der Waals surface area contributed by atoms with Crippen molar-refractivity contribution in [1.82, 2.24) is 4.90 Å². The summed E-state index contributed by atoms with van der Waals surface area (Å²) >= 11 is 0. The van der Waals surface area contributed by atoms with Crippen LogP contribution in [0.3, 0.4) is 0 Å². The molecule has 1 aliphatic heterocycles. The van der Waals surface area contributed by atoms with Gasteiger partial charge in [-0.15, -0.1) is 6.42 Å². The third-order valence-electron chi connectivity index (χ3n) is 1.96. The Balaban J connectivity index is 2.30. The van der Waals surface area contributed by atoms with Crippen LogP contribution in [0.25, 0.3) is 0 Å². The second-order valence-electron chi connectivity index (χ2n) is 2.80. The number of rotatable bonds is 2. The molecule has 0 spiro atoms. The van der Waals surface area contributed by atoms with Crippen molar-refractivity contribution in [2.24, 2.45) is 5.73 Å². The summed E-state index contributed by atoms with van der Waals surface area (Å²) in [5.41, 5.74) is 5.61. The molecule has 0 radical (unpaired) electrons. The second kappa shape index (κ2) is 3.05. The third-order valence-corrected chi connectivity index (χ3v) is 1.96. The van der Waals surface area contributed by atoms with E-state index in [0.29, 0.717) is 12.1 Å². The average Bonchev–Trinajstić information content (AvgIpc) is 1.87. The lowest BCUT2D eigenvalue weighted by Crippen LogP contribution is -2.58. The average molecular weight is 138 g/mol. The van der Waals surface area contributed by atoms with Crippen molar-refractivity contribution >= 4 is 0 Å². The molecule has 1 unspecified atom stereocenters. The molecule has 2 N–H and O–H groups in total. The molecule has 1 fully saturated rings. The first-order chi connectivity index (χ1) is 4.77. The minimum atomic E-state index is 0.319. The lowest BCUT2D eigenvalue weighted by molar-refractivity contribution is 0.120. The monoisotopic (exact) mass is 138 g/mol. The molecule has 0 aromatic heterocycles. The second-order valence-corrected chi connectivity index (χ2v) is 2.80. The van der Waals surface area contributed by atoms with Crippen molar-refractivity contribution in [1.29, 1.82) is 0 Å². The maximum absolute atomic E-state index is 5.61. The highest BCUT2D eigenvalue weighted by Gasteiger charge is 2.27. The van der Waals surface area contributed by atoms with Gasteiger partial charge in [-0.1, -0.05) is 12.8 Å². The van der Waals surface area contributed by atoms with Crippen molar-refractivity contribution in [3.8, 4) is 12.3 Å². The number of nitrogens with zero attached hydrogens (tertiary/aromatic N) is 1. The standard InChI is InChI=1S/C8H14N2/c1-3-8(4-2)10-5-7(9)6-10/h1,7-8H,4-6,9H2,2H3. The first kappa shape index (κ1) is 7.59. The van der Waals surface area contributed by atoms with E-state index < -0.39 is 0 Å². The maximum atomic E-state index is 5.61. The molecule has 0 aromatic rings. The number of likely N-dealkylation sites (tertiary alicyclic amines) is 1. The SMILES string of the molecule is C#CC(CC)N1CC(N)C1. The van der Waals surface area contributed by atoms with E-state index in [-0.39, 0.29) is 0 Å². The summed E-state index contributed by atoms with van der Waals surface area (Å²) < 4.78 is 0. The fourth-order valence-electron chi connectivity index (χ4n) is 1.28. The molecule has 2 heteroatoms. The number of hydrogen-bond donors (Lipinski definition) is 1. The van der Waals surface area contributed by atoms with Gasteiger partial charge in [0.05, 0.1) is 6.04 Å². The predicted molar refractivity (Wildman–Crippen MR) is 42.5 cm³/mol. The van der Waals surface area contributed by atoms with E-state index in [1.807, 2.05) is 0 Å². The van der Waals surface area contributed by atoms with Crippen molar-refractivity contribution in [3.63, 3.8) is 0 Å². The summed E-state index contributed by atoms with van der Waals surface area (Å²) in [7, 11) is 0. The Kier molecular flexibility index (Phi) is 2.31. The quantitative estimate of drug-likeness (QED) is 0.546. The van der Waals surface area contributed by atoms with Crippen LogP contribution in [0.4, 0.5) is 0 Å². The van der Waals surface area contributed by atoms with Gasteiger partial charge < -0.3 is 5.73 Å². The largest absolute Gasteiger partial charge is 0.325 e. The molecule has 2 nitrogen and oxygen atoms in total. The summed E-state index contributed by atoms with van der Waals surface area (Å²) in [6, 6.07) is 0.683. The number of terminal acetylenes is 1. The van der Waals surface area contributed by atoms with Crippen LogP contribution < -0.4 is 5.73 Å². The van der Waals surface area contributed by atoms with Crippen molar-refractivity contribution in [3.05, 3.63) is 0 Å².